The van der Waals surface area contributed by atoms with E-state index in [1.807, 2.05) is 50.1 Å². The van der Waals surface area contributed by atoms with Crippen molar-refractivity contribution < 1.29 is 14.3 Å². The second-order valence-electron chi connectivity index (χ2n) is 8.43. The van der Waals surface area contributed by atoms with Crippen LogP contribution in [0.15, 0.2) is 36.8 Å². The Labute approximate surface area is 154 Å². The molecule has 1 aliphatic carbocycles. The van der Waals surface area contributed by atoms with Gasteiger partial charge in [-0.1, -0.05) is 31.2 Å². The van der Waals surface area contributed by atoms with Crippen LogP contribution in [0.4, 0.5) is 0 Å². The van der Waals surface area contributed by atoms with Crippen molar-refractivity contribution in [3.8, 4) is 0 Å². The molecule has 1 aliphatic heterocycles. The molecule has 3 rings (SSSR count). The molecule has 2 unspecified atom stereocenters. The lowest BCUT2D eigenvalue weighted by Crippen LogP contribution is -2.29. The summed E-state index contributed by atoms with van der Waals surface area (Å²) in [4.78, 5) is 30.7. The van der Waals surface area contributed by atoms with Crippen molar-refractivity contribution in [1.29, 1.82) is 0 Å². The summed E-state index contributed by atoms with van der Waals surface area (Å²) in [7, 11) is 0. The van der Waals surface area contributed by atoms with E-state index in [0.717, 1.165) is 12.2 Å². The van der Waals surface area contributed by atoms with E-state index in [1.54, 1.807) is 10.9 Å². The number of esters is 1. The fraction of sp³-hybridized carbons (Fsp3) is 0.550. The van der Waals surface area contributed by atoms with Crippen molar-refractivity contribution in [2.75, 3.05) is 13.1 Å². The van der Waals surface area contributed by atoms with Crippen LogP contribution in [0.1, 0.15) is 33.4 Å². The molecule has 140 valence electrons. The molecule has 0 radical (unpaired) electrons. The Kier molecular flexibility index (Phi) is 4.78. The Balaban J connectivity index is 1.53. The number of ether oxygens (including phenoxy) is 1. The summed E-state index contributed by atoms with van der Waals surface area (Å²) >= 11 is 0. The number of hydrogen-bond donors (Lipinski definition) is 0. The summed E-state index contributed by atoms with van der Waals surface area (Å²) in [6.45, 7) is 9.14. The largest absolute Gasteiger partial charge is 0.443 e. The molecule has 6 nitrogen and oxygen atoms in total. The lowest BCUT2D eigenvalue weighted by atomic mass is 9.77. The minimum Gasteiger partial charge on any atom is -0.443 e. The van der Waals surface area contributed by atoms with Crippen LogP contribution >= 0.6 is 0 Å². The van der Waals surface area contributed by atoms with Crippen LogP contribution in [0.5, 0.6) is 0 Å². The average Bonchev–Trinajstić information content (AvgIpc) is 3.12. The number of fused-ring (bicyclic) bond motifs is 1. The zero-order valence-electron chi connectivity index (χ0n) is 15.9. The van der Waals surface area contributed by atoms with Gasteiger partial charge in [-0.15, -0.1) is 0 Å². The van der Waals surface area contributed by atoms with Gasteiger partial charge in [-0.3, -0.25) is 9.59 Å². The highest BCUT2D eigenvalue weighted by Gasteiger charge is 2.46. The van der Waals surface area contributed by atoms with Crippen molar-refractivity contribution in [2.24, 2.45) is 16.7 Å². The molecule has 1 saturated heterocycles. The molecule has 1 amide bonds. The minimum absolute atomic E-state index is 0.0538. The van der Waals surface area contributed by atoms with Gasteiger partial charge < -0.3 is 14.2 Å². The van der Waals surface area contributed by atoms with Crippen LogP contribution in [0.3, 0.4) is 0 Å². The number of carbonyl (C=O) groups excluding carboxylic acids is 2. The average molecular weight is 357 g/mol. The first-order chi connectivity index (χ1) is 12.2. The third-order valence-electron chi connectivity index (χ3n) is 4.99. The zero-order chi connectivity index (χ0) is 18.9. The molecule has 2 atom stereocenters. The first-order valence-electron chi connectivity index (χ1n) is 9.02. The first kappa shape index (κ1) is 18.4. The predicted molar refractivity (Wildman–Crippen MR) is 97.9 cm³/mol. The van der Waals surface area contributed by atoms with Gasteiger partial charge >= 0.3 is 5.97 Å². The topological polar surface area (TPSA) is 64.4 Å². The third kappa shape index (κ3) is 3.74. The number of carbonyl (C=O) groups is 2. The van der Waals surface area contributed by atoms with Crippen molar-refractivity contribution in [1.82, 2.24) is 14.5 Å². The van der Waals surface area contributed by atoms with Crippen molar-refractivity contribution in [2.45, 2.75) is 40.8 Å². The SMILES string of the molecule is CC(C)(C)C(=O)OCn1cnc(CCN2CC3(C)C=CC=CC3C2=O)c1. The van der Waals surface area contributed by atoms with Crippen molar-refractivity contribution >= 4 is 11.9 Å². The van der Waals surface area contributed by atoms with Crippen LogP contribution < -0.4 is 0 Å². The highest BCUT2D eigenvalue weighted by Crippen LogP contribution is 2.40. The normalized spacial score (nSPS) is 24.8. The van der Waals surface area contributed by atoms with E-state index in [-0.39, 0.29) is 29.9 Å². The van der Waals surface area contributed by atoms with Gasteiger partial charge in [0.1, 0.15) is 0 Å². The van der Waals surface area contributed by atoms with E-state index in [0.29, 0.717) is 13.0 Å². The van der Waals surface area contributed by atoms with Gasteiger partial charge in [0.2, 0.25) is 5.91 Å². The summed E-state index contributed by atoms with van der Waals surface area (Å²) in [6, 6.07) is 0. The molecular formula is C20H27N3O3. The quantitative estimate of drug-likeness (QED) is 0.760. The zero-order valence-corrected chi connectivity index (χ0v) is 15.9. The van der Waals surface area contributed by atoms with Gasteiger partial charge in [-0.2, -0.15) is 0 Å². The van der Waals surface area contributed by atoms with Crippen LogP contribution in [-0.4, -0.2) is 39.4 Å². The van der Waals surface area contributed by atoms with Crippen LogP contribution in [-0.2, 0) is 27.5 Å². The van der Waals surface area contributed by atoms with E-state index in [9.17, 15) is 9.59 Å². The number of hydrogen-bond acceptors (Lipinski definition) is 4. The lowest BCUT2D eigenvalue weighted by Gasteiger charge is -2.25. The number of allylic oxidation sites excluding steroid dienone is 2. The maximum atomic E-state index is 12.6. The van der Waals surface area contributed by atoms with Gasteiger partial charge in [0, 0.05) is 31.1 Å². The van der Waals surface area contributed by atoms with Crippen molar-refractivity contribution in [3.63, 3.8) is 0 Å². The molecule has 26 heavy (non-hydrogen) atoms. The number of amides is 1. The Bertz CT molecular complexity index is 757. The van der Waals surface area contributed by atoms with Crippen LogP contribution in [0, 0.1) is 16.7 Å². The molecule has 0 saturated carbocycles. The van der Waals surface area contributed by atoms with E-state index < -0.39 is 5.41 Å². The van der Waals surface area contributed by atoms with Gasteiger partial charge in [0.15, 0.2) is 6.73 Å². The molecule has 2 heterocycles. The third-order valence-corrected chi connectivity index (χ3v) is 4.99. The molecule has 2 aliphatic rings. The highest BCUT2D eigenvalue weighted by atomic mass is 16.5. The summed E-state index contributed by atoms with van der Waals surface area (Å²) in [5.74, 6) is -0.110. The van der Waals surface area contributed by atoms with Gasteiger partial charge in [0.05, 0.1) is 23.4 Å². The van der Waals surface area contributed by atoms with Crippen molar-refractivity contribution in [3.05, 3.63) is 42.5 Å². The monoisotopic (exact) mass is 357 g/mol. The summed E-state index contributed by atoms with van der Waals surface area (Å²) in [6.07, 6.45) is 12.3. The number of imidazole rings is 1. The molecule has 0 spiro atoms. The second-order valence-corrected chi connectivity index (χ2v) is 8.43. The number of likely N-dealkylation sites (tertiary alicyclic amines) is 1. The molecule has 1 aromatic rings. The van der Waals surface area contributed by atoms with E-state index in [2.05, 4.69) is 18.0 Å². The standard InChI is InChI=1S/C20H27N3O3/c1-19(2,3)18(25)26-14-22-11-15(21-13-22)8-10-23-12-20(4)9-6-5-7-16(20)17(23)24/h5-7,9,11,13,16H,8,10,12,14H2,1-4H3. The van der Waals surface area contributed by atoms with E-state index in [1.165, 1.54) is 0 Å². The van der Waals surface area contributed by atoms with E-state index >= 15 is 0 Å². The van der Waals surface area contributed by atoms with Gasteiger partial charge in [0.25, 0.3) is 0 Å². The predicted octanol–water partition coefficient (Wildman–Crippen LogP) is 2.56. The highest BCUT2D eigenvalue weighted by molar-refractivity contribution is 5.85. The molecule has 0 N–H and O–H groups in total. The van der Waals surface area contributed by atoms with Gasteiger partial charge in [-0.25, -0.2) is 4.98 Å². The lowest BCUT2D eigenvalue weighted by molar-refractivity contribution is -0.157. The van der Waals surface area contributed by atoms with Crippen LogP contribution in [0.25, 0.3) is 0 Å². The van der Waals surface area contributed by atoms with Crippen LogP contribution in [0.2, 0.25) is 0 Å². The number of nitrogens with zero attached hydrogens (tertiary/aromatic N) is 3. The maximum absolute atomic E-state index is 12.6. The number of aromatic nitrogens is 2. The fourth-order valence-electron chi connectivity index (χ4n) is 3.37. The molecule has 1 aromatic heterocycles. The first-order valence-corrected chi connectivity index (χ1v) is 9.02. The fourth-order valence-corrected chi connectivity index (χ4v) is 3.37. The van der Waals surface area contributed by atoms with E-state index in [4.69, 9.17) is 4.74 Å². The second kappa shape index (κ2) is 6.74. The Morgan fingerprint density at radius 1 is 1.38 bits per heavy atom. The molecule has 0 bridgehead atoms. The summed E-state index contributed by atoms with van der Waals surface area (Å²) in [5, 5.41) is 0. The maximum Gasteiger partial charge on any atom is 0.312 e. The molecular weight excluding hydrogens is 330 g/mol. The number of rotatable bonds is 5. The Hall–Kier alpha value is -2.37. The summed E-state index contributed by atoms with van der Waals surface area (Å²) in [5.41, 5.74) is 0.262. The van der Waals surface area contributed by atoms with Gasteiger partial charge in [-0.05, 0) is 20.8 Å². The Morgan fingerprint density at radius 3 is 2.85 bits per heavy atom. The minimum atomic E-state index is -0.519. The molecule has 0 aromatic carbocycles. The molecule has 1 fully saturated rings. The Morgan fingerprint density at radius 2 is 2.15 bits per heavy atom. The molecule has 6 heteroatoms. The summed E-state index contributed by atoms with van der Waals surface area (Å²) < 4.78 is 7.03. The smallest absolute Gasteiger partial charge is 0.312 e.